The number of hydrogen-bond donors (Lipinski definition) is 1. The molecule has 5 rings (SSSR count). The van der Waals surface area contributed by atoms with E-state index in [9.17, 15) is 17.9 Å². The van der Waals surface area contributed by atoms with Gasteiger partial charge in [-0.25, -0.2) is 8.42 Å². The number of rotatable bonds is 8. The van der Waals surface area contributed by atoms with Gasteiger partial charge in [-0.2, -0.15) is 0 Å². The van der Waals surface area contributed by atoms with Gasteiger partial charge in [0.1, 0.15) is 30.0 Å². The number of nitrogens with zero attached hydrogens (tertiary/aromatic N) is 1. The maximum atomic E-state index is 12.6. The van der Waals surface area contributed by atoms with Gasteiger partial charge in [0.15, 0.2) is 9.84 Å². The number of likely N-dealkylation sites (tertiary alicyclic amines) is 1. The Bertz CT molecular complexity index is 1480. The molecule has 3 aromatic carbocycles. The van der Waals surface area contributed by atoms with Gasteiger partial charge in [0.25, 0.3) is 0 Å². The van der Waals surface area contributed by atoms with Crippen molar-refractivity contribution < 1.29 is 27.4 Å². The van der Waals surface area contributed by atoms with Crippen LogP contribution in [0.3, 0.4) is 0 Å². The van der Waals surface area contributed by atoms with Gasteiger partial charge in [-0.05, 0) is 66.1 Å². The highest BCUT2D eigenvalue weighted by molar-refractivity contribution is 7.90. The van der Waals surface area contributed by atoms with E-state index < -0.39 is 15.9 Å². The average molecular weight is 558 g/mol. The van der Waals surface area contributed by atoms with Crippen molar-refractivity contribution in [1.82, 2.24) is 4.90 Å². The molecule has 0 aromatic heterocycles. The lowest BCUT2D eigenvalue weighted by molar-refractivity contribution is 0.0668. The van der Waals surface area contributed by atoms with Crippen molar-refractivity contribution in [2.75, 3.05) is 39.2 Å². The van der Waals surface area contributed by atoms with Crippen LogP contribution in [0.1, 0.15) is 29.7 Å². The molecule has 200 valence electrons. The molecule has 2 aliphatic rings. The molecule has 0 spiro atoms. The third-order valence-corrected chi connectivity index (χ3v) is 8.61. The quantitative estimate of drug-likeness (QED) is 0.378. The molecule has 1 fully saturated rings. The van der Waals surface area contributed by atoms with E-state index in [0.29, 0.717) is 23.7 Å². The molecular formula is C29H29ClFNO5S. The van der Waals surface area contributed by atoms with Crippen LogP contribution in [-0.4, -0.2) is 57.6 Å². The van der Waals surface area contributed by atoms with Gasteiger partial charge in [0.05, 0.1) is 16.6 Å². The van der Waals surface area contributed by atoms with E-state index in [-0.39, 0.29) is 28.3 Å². The van der Waals surface area contributed by atoms with Gasteiger partial charge >= 0.3 is 0 Å². The third kappa shape index (κ3) is 5.39. The molecule has 0 radical (unpaired) electrons. The lowest BCUT2D eigenvalue weighted by Crippen LogP contribution is -2.49. The molecule has 3 aromatic rings. The predicted octanol–water partition coefficient (Wildman–Crippen LogP) is 5.79. The van der Waals surface area contributed by atoms with E-state index in [1.807, 2.05) is 31.2 Å². The Balaban J connectivity index is 1.45. The number of sulfone groups is 1. The van der Waals surface area contributed by atoms with Crippen LogP contribution in [0.15, 0.2) is 65.6 Å². The molecule has 1 saturated heterocycles. The van der Waals surface area contributed by atoms with Crippen molar-refractivity contribution in [3.05, 3.63) is 82.4 Å². The molecule has 2 heterocycles. The summed E-state index contributed by atoms with van der Waals surface area (Å²) in [5, 5.41) is 10.3. The number of benzene rings is 3. The lowest BCUT2D eigenvalue weighted by atomic mass is 9.86. The first-order chi connectivity index (χ1) is 18.1. The third-order valence-electron chi connectivity index (χ3n) is 7.03. The van der Waals surface area contributed by atoms with Crippen molar-refractivity contribution in [1.29, 1.82) is 0 Å². The second kappa shape index (κ2) is 10.6. The zero-order valence-electron chi connectivity index (χ0n) is 21.2. The van der Waals surface area contributed by atoms with Crippen LogP contribution in [0.4, 0.5) is 4.39 Å². The van der Waals surface area contributed by atoms with Crippen LogP contribution in [0, 0.1) is 5.92 Å². The standard InChI is InChI=1S/C29H29ClFNO5S/c1-18-24-14-22(33)6-10-26(24)37-29(28(18)21-5-9-25(30)27(13-21)38(2,34)35)20-3-7-23(8-4-20)36-12-11-32-16-19(15-31)17-32/h3-10,13-14,19,29,33H,11-12,15-17H2,1-2H3/t29-/m0/s1. The first-order valence-electron chi connectivity index (χ1n) is 12.4. The summed E-state index contributed by atoms with van der Waals surface area (Å²) in [6.45, 7) is 4.47. The number of aromatic hydroxyl groups is 1. The minimum atomic E-state index is -3.56. The maximum Gasteiger partial charge on any atom is 0.177 e. The summed E-state index contributed by atoms with van der Waals surface area (Å²) in [6.07, 6.45) is 0.593. The fourth-order valence-corrected chi connectivity index (χ4v) is 6.29. The first kappa shape index (κ1) is 26.5. The summed E-state index contributed by atoms with van der Waals surface area (Å²) in [6, 6.07) is 17.5. The van der Waals surface area contributed by atoms with Crippen LogP contribution >= 0.6 is 11.6 Å². The maximum absolute atomic E-state index is 12.6. The number of ether oxygens (including phenoxy) is 2. The van der Waals surface area contributed by atoms with E-state index in [4.69, 9.17) is 21.1 Å². The molecule has 0 amide bonds. The average Bonchev–Trinajstić information content (AvgIpc) is 2.86. The molecule has 1 N–H and O–H groups in total. The van der Waals surface area contributed by atoms with Gasteiger partial charge in [-0.3, -0.25) is 9.29 Å². The Morgan fingerprint density at radius 2 is 1.84 bits per heavy atom. The van der Waals surface area contributed by atoms with Crippen molar-refractivity contribution in [3.63, 3.8) is 0 Å². The molecule has 0 bridgehead atoms. The lowest BCUT2D eigenvalue weighted by Gasteiger charge is -2.37. The minimum Gasteiger partial charge on any atom is -0.508 e. The number of fused-ring (bicyclic) bond motifs is 1. The highest BCUT2D eigenvalue weighted by Crippen LogP contribution is 2.48. The summed E-state index contributed by atoms with van der Waals surface area (Å²) in [5.74, 6) is 1.59. The van der Waals surface area contributed by atoms with Gasteiger partial charge in [-0.15, -0.1) is 0 Å². The number of allylic oxidation sites excluding steroid dienone is 1. The molecule has 0 unspecified atom stereocenters. The summed E-state index contributed by atoms with van der Waals surface area (Å²) in [7, 11) is -3.56. The van der Waals surface area contributed by atoms with E-state index >= 15 is 0 Å². The molecule has 0 aliphatic carbocycles. The van der Waals surface area contributed by atoms with Crippen LogP contribution in [0.2, 0.25) is 5.02 Å². The number of halogens is 2. The van der Waals surface area contributed by atoms with E-state index in [2.05, 4.69) is 4.90 Å². The van der Waals surface area contributed by atoms with Crippen LogP contribution in [0.25, 0.3) is 11.1 Å². The van der Waals surface area contributed by atoms with Crippen molar-refractivity contribution >= 4 is 32.6 Å². The smallest absolute Gasteiger partial charge is 0.177 e. The van der Waals surface area contributed by atoms with Gasteiger partial charge < -0.3 is 14.6 Å². The van der Waals surface area contributed by atoms with Crippen molar-refractivity contribution in [3.8, 4) is 17.2 Å². The SMILES string of the molecule is CC1=C(c2ccc(Cl)c(S(C)(=O)=O)c2)[C@H](c2ccc(OCCN3CC(CF)C3)cc2)Oc2ccc(O)cc21. The summed E-state index contributed by atoms with van der Waals surface area (Å²) >= 11 is 6.22. The molecule has 0 saturated carbocycles. The second-order valence-corrected chi connectivity index (χ2v) is 12.2. The number of alkyl halides is 1. The van der Waals surface area contributed by atoms with Crippen molar-refractivity contribution in [2.24, 2.45) is 5.92 Å². The van der Waals surface area contributed by atoms with E-state index in [0.717, 1.165) is 48.2 Å². The predicted molar refractivity (Wildman–Crippen MR) is 146 cm³/mol. The largest absolute Gasteiger partial charge is 0.508 e. The minimum absolute atomic E-state index is 0.0428. The molecule has 6 nitrogen and oxygen atoms in total. The number of phenolic OH excluding ortho intramolecular Hbond substituents is 1. The van der Waals surface area contributed by atoms with Crippen LogP contribution in [0.5, 0.6) is 17.2 Å². The monoisotopic (exact) mass is 557 g/mol. The van der Waals surface area contributed by atoms with Crippen LogP contribution in [-0.2, 0) is 9.84 Å². The number of hydrogen-bond acceptors (Lipinski definition) is 6. The molecule has 1 atom stereocenters. The molecule has 38 heavy (non-hydrogen) atoms. The van der Waals surface area contributed by atoms with Gasteiger partial charge in [0.2, 0.25) is 0 Å². The second-order valence-electron chi connectivity index (χ2n) is 9.83. The van der Waals surface area contributed by atoms with Gasteiger partial charge in [0, 0.05) is 42.9 Å². The van der Waals surface area contributed by atoms with E-state index in [1.54, 1.807) is 36.4 Å². The van der Waals surface area contributed by atoms with Crippen molar-refractivity contribution in [2.45, 2.75) is 17.9 Å². The Hall–Kier alpha value is -3.07. The highest BCUT2D eigenvalue weighted by Gasteiger charge is 2.31. The fraction of sp³-hybridized carbons (Fsp3) is 0.310. The van der Waals surface area contributed by atoms with Crippen LogP contribution < -0.4 is 9.47 Å². The summed E-state index contributed by atoms with van der Waals surface area (Å²) in [5.41, 5.74) is 3.88. The molecule has 2 aliphatic heterocycles. The topological polar surface area (TPSA) is 76.1 Å². The number of phenols is 1. The zero-order valence-corrected chi connectivity index (χ0v) is 22.7. The molecular weight excluding hydrogens is 529 g/mol. The Morgan fingerprint density at radius 3 is 2.53 bits per heavy atom. The first-order valence-corrected chi connectivity index (χ1v) is 14.6. The normalized spacial score (nSPS) is 18.1. The summed E-state index contributed by atoms with van der Waals surface area (Å²) in [4.78, 5) is 2.21. The Morgan fingerprint density at radius 1 is 1.11 bits per heavy atom. The molecule has 9 heteroatoms. The zero-order chi connectivity index (χ0) is 27.0. The fourth-order valence-electron chi connectivity index (χ4n) is 4.99. The Kier molecular flexibility index (Phi) is 7.40. The summed E-state index contributed by atoms with van der Waals surface area (Å²) < 4.78 is 49.7. The highest BCUT2D eigenvalue weighted by atomic mass is 35.5. The Labute approximate surface area is 227 Å². The van der Waals surface area contributed by atoms with E-state index in [1.165, 1.54) is 0 Å². The van der Waals surface area contributed by atoms with Gasteiger partial charge in [-0.1, -0.05) is 29.8 Å².